The minimum Gasteiger partial charge on any atom is -0.310 e. The number of fused-ring (bicyclic) bond motifs is 5. The normalized spacial score (nSPS) is 15.2. The highest BCUT2D eigenvalue weighted by atomic mass is 15.1. The van der Waals surface area contributed by atoms with E-state index in [0.29, 0.717) is 0 Å². The SMILES string of the molecule is CC1(C)C2=C(CCC=C2)c2cc(N(c3cccc(-c4cccc5c4C(C)(C)c4ccccc4-5)c3)c3cccc(-c4ccccc4)c3-c3ccccc3-c3ccccc3)ccc21. The Bertz CT molecular complexity index is 3070. The summed E-state index contributed by atoms with van der Waals surface area (Å²) in [5.74, 6) is 0. The molecule has 0 fully saturated rings. The van der Waals surface area contributed by atoms with Gasteiger partial charge < -0.3 is 4.90 Å². The first-order chi connectivity index (χ1) is 29.8. The highest BCUT2D eigenvalue weighted by molar-refractivity contribution is 6.02. The highest BCUT2D eigenvalue weighted by Gasteiger charge is 2.39. The first-order valence-corrected chi connectivity index (χ1v) is 21.8. The summed E-state index contributed by atoms with van der Waals surface area (Å²) in [6.07, 6.45) is 6.89. The van der Waals surface area contributed by atoms with Crippen molar-refractivity contribution in [2.75, 3.05) is 4.90 Å². The molecule has 0 heterocycles. The Morgan fingerprint density at radius 3 is 1.77 bits per heavy atom. The highest BCUT2D eigenvalue weighted by Crippen LogP contribution is 2.55. The fourth-order valence-corrected chi connectivity index (χ4v) is 10.9. The van der Waals surface area contributed by atoms with E-state index < -0.39 is 0 Å². The van der Waals surface area contributed by atoms with Gasteiger partial charge in [0.2, 0.25) is 0 Å². The van der Waals surface area contributed by atoms with Crippen LogP contribution in [0.25, 0.3) is 61.2 Å². The molecule has 0 atom stereocenters. The lowest BCUT2D eigenvalue weighted by atomic mass is 9.79. The van der Waals surface area contributed by atoms with E-state index in [-0.39, 0.29) is 10.8 Å². The average Bonchev–Trinajstić information content (AvgIpc) is 3.69. The first-order valence-electron chi connectivity index (χ1n) is 21.8. The topological polar surface area (TPSA) is 3.24 Å². The molecule has 0 aliphatic heterocycles. The lowest BCUT2D eigenvalue weighted by Crippen LogP contribution is -2.17. The maximum absolute atomic E-state index is 2.54. The summed E-state index contributed by atoms with van der Waals surface area (Å²) in [7, 11) is 0. The third kappa shape index (κ3) is 5.90. The third-order valence-electron chi connectivity index (χ3n) is 13.7. The summed E-state index contributed by atoms with van der Waals surface area (Å²) < 4.78 is 0. The van der Waals surface area contributed by atoms with Gasteiger partial charge in [0.25, 0.3) is 0 Å². The van der Waals surface area contributed by atoms with Crippen molar-refractivity contribution in [3.63, 3.8) is 0 Å². The van der Waals surface area contributed by atoms with Crippen LogP contribution in [-0.2, 0) is 10.8 Å². The van der Waals surface area contributed by atoms with Crippen LogP contribution in [-0.4, -0.2) is 0 Å². The van der Waals surface area contributed by atoms with Gasteiger partial charge in [-0.05, 0) is 127 Å². The van der Waals surface area contributed by atoms with E-state index in [1.807, 2.05) is 0 Å². The van der Waals surface area contributed by atoms with E-state index >= 15 is 0 Å². The van der Waals surface area contributed by atoms with Gasteiger partial charge in [-0.1, -0.05) is 198 Å². The first kappa shape index (κ1) is 37.1. The van der Waals surface area contributed by atoms with Gasteiger partial charge in [0, 0.05) is 27.8 Å². The van der Waals surface area contributed by atoms with Crippen molar-refractivity contribution in [3.8, 4) is 55.6 Å². The molecule has 0 aromatic heterocycles. The molecule has 3 aliphatic carbocycles. The molecule has 61 heavy (non-hydrogen) atoms. The van der Waals surface area contributed by atoms with Crippen molar-refractivity contribution in [1.29, 1.82) is 0 Å². The van der Waals surface area contributed by atoms with Crippen molar-refractivity contribution in [2.45, 2.75) is 51.4 Å². The van der Waals surface area contributed by atoms with Crippen molar-refractivity contribution in [3.05, 3.63) is 228 Å². The Morgan fingerprint density at radius 1 is 0.410 bits per heavy atom. The summed E-state index contributed by atoms with van der Waals surface area (Å²) in [6, 6.07) is 70.0. The summed E-state index contributed by atoms with van der Waals surface area (Å²) >= 11 is 0. The molecule has 0 N–H and O–H groups in total. The zero-order valence-corrected chi connectivity index (χ0v) is 35.4. The molecule has 3 aliphatic rings. The van der Waals surface area contributed by atoms with Gasteiger partial charge >= 0.3 is 0 Å². The zero-order chi connectivity index (χ0) is 41.3. The zero-order valence-electron chi connectivity index (χ0n) is 35.4. The van der Waals surface area contributed by atoms with Gasteiger partial charge in [-0.15, -0.1) is 0 Å². The molecule has 1 heteroatoms. The van der Waals surface area contributed by atoms with Gasteiger partial charge in [-0.2, -0.15) is 0 Å². The molecular weight excluding hydrogens is 735 g/mol. The van der Waals surface area contributed by atoms with Crippen molar-refractivity contribution in [2.24, 2.45) is 0 Å². The largest absolute Gasteiger partial charge is 0.310 e. The van der Waals surface area contributed by atoms with E-state index in [0.717, 1.165) is 29.9 Å². The van der Waals surface area contributed by atoms with Crippen LogP contribution in [0.4, 0.5) is 17.1 Å². The molecule has 0 bridgehead atoms. The van der Waals surface area contributed by atoms with E-state index in [1.165, 1.54) is 89.0 Å². The van der Waals surface area contributed by atoms with Gasteiger partial charge in [0.15, 0.2) is 0 Å². The fraction of sp³-hybridized carbons (Fsp3) is 0.133. The molecule has 8 aromatic rings. The maximum Gasteiger partial charge on any atom is 0.0546 e. The number of anilines is 3. The lowest BCUT2D eigenvalue weighted by molar-refractivity contribution is 0.651. The molecular formula is C60H49N. The molecule has 0 unspecified atom stereocenters. The second-order valence-electron chi connectivity index (χ2n) is 17.9. The average molecular weight is 784 g/mol. The molecule has 0 saturated heterocycles. The number of allylic oxidation sites excluding steroid dienone is 4. The van der Waals surface area contributed by atoms with Crippen LogP contribution in [0.3, 0.4) is 0 Å². The summed E-state index contributed by atoms with van der Waals surface area (Å²) in [5, 5.41) is 0. The van der Waals surface area contributed by atoms with Crippen molar-refractivity contribution < 1.29 is 0 Å². The van der Waals surface area contributed by atoms with Crippen LogP contribution in [0.1, 0.15) is 62.8 Å². The molecule has 0 saturated carbocycles. The third-order valence-corrected chi connectivity index (χ3v) is 13.7. The number of nitrogens with zero attached hydrogens (tertiary/aromatic N) is 1. The Kier molecular flexibility index (Phi) is 8.72. The predicted octanol–water partition coefficient (Wildman–Crippen LogP) is 16.5. The predicted molar refractivity (Wildman–Crippen MR) is 259 cm³/mol. The quantitative estimate of drug-likeness (QED) is 0.156. The van der Waals surface area contributed by atoms with E-state index in [9.17, 15) is 0 Å². The molecule has 8 aromatic carbocycles. The molecule has 0 spiro atoms. The minimum absolute atomic E-state index is 0.0457. The van der Waals surface area contributed by atoms with Crippen LogP contribution in [0.15, 0.2) is 206 Å². The lowest BCUT2D eigenvalue weighted by Gasteiger charge is -2.31. The van der Waals surface area contributed by atoms with Gasteiger partial charge in [-0.3, -0.25) is 0 Å². The number of hydrogen-bond donors (Lipinski definition) is 0. The Hall–Kier alpha value is -6.96. The Morgan fingerprint density at radius 2 is 0.984 bits per heavy atom. The van der Waals surface area contributed by atoms with Gasteiger partial charge in [0.05, 0.1) is 5.69 Å². The monoisotopic (exact) mass is 783 g/mol. The van der Waals surface area contributed by atoms with E-state index in [4.69, 9.17) is 0 Å². The van der Waals surface area contributed by atoms with Gasteiger partial charge in [-0.25, -0.2) is 0 Å². The number of benzene rings is 8. The number of hydrogen-bond acceptors (Lipinski definition) is 1. The van der Waals surface area contributed by atoms with Crippen LogP contribution < -0.4 is 4.90 Å². The molecule has 294 valence electrons. The summed E-state index contributed by atoms with van der Waals surface area (Å²) in [5.41, 5.74) is 24.2. The summed E-state index contributed by atoms with van der Waals surface area (Å²) in [4.78, 5) is 2.54. The molecule has 0 amide bonds. The Balaban J connectivity index is 1.19. The van der Waals surface area contributed by atoms with E-state index in [2.05, 4.69) is 233 Å². The molecule has 1 nitrogen and oxygen atoms in total. The molecule has 0 radical (unpaired) electrons. The van der Waals surface area contributed by atoms with Crippen LogP contribution in [0.5, 0.6) is 0 Å². The fourth-order valence-electron chi connectivity index (χ4n) is 10.9. The maximum atomic E-state index is 2.54. The van der Waals surface area contributed by atoms with Crippen LogP contribution in [0.2, 0.25) is 0 Å². The molecule has 11 rings (SSSR count). The standard InChI is InChI=1S/C60H49N/c1-59(2)53-33-15-14-28-49(53)52-39-44(36-37-55(52)59)61(43-25-17-24-42(38-43)47-31-18-32-51-48-27-13-16-34-54(48)60(3,4)58(47)51)56-35-19-30-46(41-22-9-6-10-23-41)57(56)50-29-12-11-26-45(50)40-20-7-5-8-21-40/h5-13,15-27,29-39H,14,28H2,1-4H3. The number of rotatable bonds is 7. The van der Waals surface area contributed by atoms with Gasteiger partial charge in [0.1, 0.15) is 0 Å². The Labute approximate surface area is 361 Å². The van der Waals surface area contributed by atoms with Crippen molar-refractivity contribution in [1.82, 2.24) is 0 Å². The van der Waals surface area contributed by atoms with Crippen LogP contribution in [0, 0.1) is 0 Å². The minimum atomic E-state index is -0.136. The van der Waals surface area contributed by atoms with E-state index in [1.54, 1.807) is 0 Å². The smallest absolute Gasteiger partial charge is 0.0546 e. The second kappa shape index (κ2) is 14.4. The van der Waals surface area contributed by atoms with Crippen molar-refractivity contribution >= 4 is 22.6 Å². The summed E-state index contributed by atoms with van der Waals surface area (Å²) in [6.45, 7) is 9.56. The second-order valence-corrected chi connectivity index (χ2v) is 17.9. The van der Waals surface area contributed by atoms with Crippen LogP contribution >= 0.6 is 0 Å².